The number of carbonyl (C=O) groups is 2. The Hall–Kier alpha value is -2.78. The molecule has 0 atom stereocenters. The van der Waals surface area contributed by atoms with Gasteiger partial charge in [-0.25, -0.2) is 4.79 Å². The lowest BCUT2D eigenvalue weighted by atomic mass is 10.1. The van der Waals surface area contributed by atoms with Crippen LogP contribution in [-0.2, 0) is 14.4 Å². The smallest absolute Gasteiger partial charge is 0.436 e. The zero-order chi connectivity index (χ0) is 22.6. The van der Waals surface area contributed by atoms with E-state index in [1.54, 1.807) is 57.4 Å². The minimum atomic E-state index is -0.779. The fourth-order valence-corrected chi connectivity index (χ4v) is 2.34. The van der Waals surface area contributed by atoms with Crippen molar-refractivity contribution in [2.24, 2.45) is 4.99 Å². The first-order valence-electron chi connectivity index (χ1n) is 9.28. The highest BCUT2D eigenvalue weighted by molar-refractivity contribution is 8.13. The Kier molecular flexibility index (Phi) is 10.7. The van der Waals surface area contributed by atoms with E-state index < -0.39 is 17.6 Å². The van der Waals surface area contributed by atoms with Gasteiger partial charge in [0.15, 0.2) is 5.17 Å². The Balaban J connectivity index is 2.96. The van der Waals surface area contributed by atoms with Crippen LogP contribution in [0.2, 0.25) is 0 Å². The Bertz CT molecular complexity index is 783. The Morgan fingerprint density at radius 1 is 1.23 bits per heavy atom. The van der Waals surface area contributed by atoms with Crippen molar-refractivity contribution in [3.8, 4) is 5.75 Å². The van der Waals surface area contributed by atoms with Crippen molar-refractivity contribution in [2.45, 2.75) is 33.3 Å². The van der Waals surface area contributed by atoms with Gasteiger partial charge in [-0.05, 0) is 58.2 Å². The third kappa shape index (κ3) is 10.1. The van der Waals surface area contributed by atoms with E-state index in [1.807, 2.05) is 6.92 Å². The molecule has 2 N–H and O–H groups in total. The number of nitrogens with zero attached hydrogens (tertiary/aromatic N) is 1. The Morgan fingerprint density at radius 2 is 1.90 bits per heavy atom. The molecular formula is C21H29N3O5S. The molecule has 164 valence electrons. The quantitative estimate of drug-likeness (QED) is 0.210. The number of hydrogen-bond acceptors (Lipinski definition) is 7. The number of benzene rings is 1. The summed E-state index contributed by atoms with van der Waals surface area (Å²) in [7, 11) is 0. The van der Waals surface area contributed by atoms with Gasteiger partial charge < -0.3 is 14.8 Å². The summed E-state index contributed by atoms with van der Waals surface area (Å²) in [4.78, 5) is 33.4. The summed E-state index contributed by atoms with van der Waals surface area (Å²) in [6.45, 7) is 11.4. The first-order chi connectivity index (χ1) is 14.2. The summed E-state index contributed by atoms with van der Waals surface area (Å²) in [6, 6.07) is 7.12. The normalized spacial score (nSPS) is 12.2. The number of aliphatic imine (C=N–C) groups is 1. The van der Waals surface area contributed by atoms with Crippen molar-refractivity contribution in [2.75, 3.05) is 19.5 Å². The molecule has 1 rings (SSSR count). The molecule has 9 heteroatoms. The van der Waals surface area contributed by atoms with Gasteiger partial charge in [0.1, 0.15) is 18.0 Å². The van der Waals surface area contributed by atoms with Crippen LogP contribution in [0, 0.1) is 0 Å². The largest absolute Gasteiger partial charge is 0.490 e. The lowest BCUT2D eigenvalue weighted by molar-refractivity contribution is -0.115. The molecule has 0 radical (unpaired) electrons. The second-order valence-electron chi connectivity index (χ2n) is 6.81. The van der Waals surface area contributed by atoms with E-state index in [0.717, 1.165) is 11.8 Å². The molecule has 0 aliphatic heterocycles. The van der Waals surface area contributed by atoms with Crippen molar-refractivity contribution in [3.63, 3.8) is 0 Å². The van der Waals surface area contributed by atoms with E-state index >= 15 is 0 Å². The first-order valence-corrected chi connectivity index (χ1v) is 10.5. The van der Waals surface area contributed by atoms with Crippen LogP contribution in [0.15, 0.2) is 48.0 Å². The van der Waals surface area contributed by atoms with Gasteiger partial charge in [-0.15, -0.1) is 0 Å². The standard InChI is InChI=1S/C21H29N3O5S/c1-7-13-27-16-11-9-15(10-12-16)17(24-28-8-2)14-18(25)22-19(30-6)23-20(26)29-21(3,4)5/h7,9-12,14,24H,1,8,13H2,2-6H3,(H,22,23,25,26). The number of ether oxygens (including phenoxy) is 2. The van der Waals surface area contributed by atoms with E-state index in [4.69, 9.17) is 14.3 Å². The van der Waals surface area contributed by atoms with Crippen molar-refractivity contribution in [3.05, 3.63) is 48.6 Å². The van der Waals surface area contributed by atoms with Crippen molar-refractivity contribution >= 4 is 34.6 Å². The van der Waals surface area contributed by atoms with Crippen LogP contribution in [0.25, 0.3) is 5.70 Å². The second-order valence-corrected chi connectivity index (χ2v) is 7.60. The average molecular weight is 436 g/mol. The van der Waals surface area contributed by atoms with Crippen LogP contribution in [0.4, 0.5) is 4.79 Å². The molecule has 0 saturated heterocycles. The van der Waals surface area contributed by atoms with Gasteiger partial charge in [0, 0.05) is 11.6 Å². The van der Waals surface area contributed by atoms with Crippen LogP contribution in [0.1, 0.15) is 33.3 Å². The average Bonchev–Trinajstić information content (AvgIpc) is 2.68. The van der Waals surface area contributed by atoms with E-state index in [-0.39, 0.29) is 5.17 Å². The lowest BCUT2D eigenvalue weighted by Gasteiger charge is -2.17. The van der Waals surface area contributed by atoms with Gasteiger partial charge >= 0.3 is 6.09 Å². The van der Waals surface area contributed by atoms with Crippen molar-refractivity contribution in [1.29, 1.82) is 0 Å². The van der Waals surface area contributed by atoms with Crippen LogP contribution in [-0.4, -0.2) is 42.2 Å². The van der Waals surface area contributed by atoms with Gasteiger partial charge in [0.05, 0.1) is 12.3 Å². The van der Waals surface area contributed by atoms with E-state index in [1.165, 1.54) is 6.08 Å². The van der Waals surface area contributed by atoms with Gasteiger partial charge in [0.25, 0.3) is 5.91 Å². The van der Waals surface area contributed by atoms with Crippen LogP contribution >= 0.6 is 11.8 Å². The molecule has 0 saturated carbocycles. The van der Waals surface area contributed by atoms with Gasteiger partial charge in [-0.2, -0.15) is 4.99 Å². The Labute approximate surface area is 181 Å². The number of amides is 2. The van der Waals surface area contributed by atoms with Gasteiger partial charge in [0.2, 0.25) is 0 Å². The summed E-state index contributed by atoms with van der Waals surface area (Å²) in [5.74, 6) is 0.189. The maximum atomic E-state index is 12.5. The first kappa shape index (κ1) is 25.3. The second kappa shape index (κ2) is 12.7. The molecule has 0 aliphatic carbocycles. The monoisotopic (exact) mass is 435 g/mol. The van der Waals surface area contributed by atoms with E-state index in [2.05, 4.69) is 22.4 Å². The van der Waals surface area contributed by atoms with E-state index in [9.17, 15) is 9.59 Å². The maximum Gasteiger partial charge on any atom is 0.436 e. The molecule has 30 heavy (non-hydrogen) atoms. The number of hydrogen-bond donors (Lipinski definition) is 2. The summed E-state index contributed by atoms with van der Waals surface area (Å²) >= 11 is 1.11. The number of carbonyl (C=O) groups excluding carboxylic acids is 2. The molecule has 0 aliphatic rings. The molecule has 1 aromatic carbocycles. The molecule has 0 heterocycles. The number of amidine groups is 1. The highest BCUT2D eigenvalue weighted by atomic mass is 32.2. The van der Waals surface area contributed by atoms with Crippen molar-refractivity contribution < 1.29 is 23.9 Å². The highest BCUT2D eigenvalue weighted by Gasteiger charge is 2.17. The third-order valence-corrected chi connectivity index (χ3v) is 3.72. The number of hydroxylamine groups is 1. The minimum Gasteiger partial charge on any atom is -0.490 e. The van der Waals surface area contributed by atoms with Gasteiger partial charge in [-0.3, -0.25) is 15.1 Å². The summed E-state index contributed by atoms with van der Waals surface area (Å²) < 4.78 is 10.6. The molecule has 2 amide bonds. The van der Waals surface area contributed by atoms with Crippen LogP contribution < -0.4 is 15.5 Å². The summed E-state index contributed by atoms with van der Waals surface area (Å²) in [6.07, 6.45) is 3.88. The topological polar surface area (TPSA) is 98.2 Å². The molecule has 0 unspecified atom stereocenters. The highest BCUT2D eigenvalue weighted by Crippen LogP contribution is 2.17. The van der Waals surface area contributed by atoms with E-state index in [0.29, 0.717) is 30.2 Å². The molecule has 0 spiro atoms. The molecule has 0 fully saturated rings. The molecule has 0 bridgehead atoms. The molecule has 8 nitrogen and oxygen atoms in total. The summed E-state index contributed by atoms with van der Waals surface area (Å²) in [5.41, 5.74) is 3.21. The molecular weight excluding hydrogens is 406 g/mol. The maximum absolute atomic E-state index is 12.5. The van der Waals surface area contributed by atoms with Crippen LogP contribution in [0.5, 0.6) is 5.75 Å². The molecule has 1 aromatic rings. The zero-order valence-corrected chi connectivity index (χ0v) is 18.8. The lowest BCUT2D eigenvalue weighted by Crippen LogP contribution is -2.30. The fraction of sp³-hybridized carbons (Fsp3) is 0.381. The van der Waals surface area contributed by atoms with Gasteiger partial charge in [-0.1, -0.05) is 24.4 Å². The number of thioether (sulfide) groups is 1. The van der Waals surface area contributed by atoms with Crippen molar-refractivity contribution in [1.82, 2.24) is 10.8 Å². The zero-order valence-electron chi connectivity index (χ0n) is 18.0. The number of rotatable bonds is 8. The Morgan fingerprint density at radius 3 is 2.43 bits per heavy atom. The minimum absolute atomic E-state index is 0.120. The van der Waals surface area contributed by atoms with Crippen LogP contribution in [0.3, 0.4) is 0 Å². The molecule has 0 aromatic heterocycles. The third-order valence-electron chi connectivity index (χ3n) is 3.14. The predicted molar refractivity (Wildman–Crippen MR) is 120 cm³/mol. The summed E-state index contributed by atoms with van der Waals surface area (Å²) in [5, 5.41) is 2.68. The predicted octanol–water partition coefficient (Wildman–Crippen LogP) is 3.90. The fourth-order valence-electron chi connectivity index (χ4n) is 1.97. The SMILES string of the molecule is C=CCOc1ccc(C(=CC(=O)NC(=NC(=O)OC(C)(C)C)SC)NOCC)cc1. The number of nitrogens with one attached hydrogen (secondary N) is 2.